The minimum absolute atomic E-state index is 0.125. The van der Waals surface area contributed by atoms with Crippen molar-refractivity contribution in [3.8, 4) is 0 Å². The molecule has 1 aromatic rings. The molecule has 0 aliphatic heterocycles. The van der Waals surface area contributed by atoms with E-state index in [2.05, 4.69) is 43.0 Å². The van der Waals surface area contributed by atoms with Crippen molar-refractivity contribution in [2.24, 2.45) is 5.92 Å². The summed E-state index contributed by atoms with van der Waals surface area (Å²) in [7, 11) is 0. The Labute approximate surface area is 122 Å². The summed E-state index contributed by atoms with van der Waals surface area (Å²) in [5.74, 6) is 2.46. The number of aliphatic hydroxyl groups is 1. The Balaban J connectivity index is 2.74. The van der Waals surface area contributed by atoms with Crippen LogP contribution in [0.2, 0.25) is 0 Å². The second kappa shape index (κ2) is 7.43. The minimum Gasteiger partial charge on any atom is -0.396 e. The molecular formula is C15H28N4O. The molecule has 0 aromatic carbocycles. The summed E-state index contributed by atoms with van der Waals surface area (Å²) < 4.78 is 0. The number of rotatable bonds is 7. The summed E-state index contributed by atoms with van der Waals surface area (Å²) in [5.41, 5.74) is 5.72. The van der Waals surface area contributed by atoms with Crippen molar-refractivity contribution in [3.05, 3.63) is 11.9 Å². The predicted octanol–water partition coefficient (Wildman–Crippen LogP) is 2.57. The first-order valence-corrected chi connectivity index (χ1v) is 7.36. The Morgan fingerprint density at radius 1 is 1.30 bits per heavy atom. The standard InChI is InChI=1S/C15H28N4O/c1-5-6-11(7-8-20)10-17-13-9-12(16)18-14(19-13)15(2,3)4/h9,11,20H,5-8,10H2,1-4H3,(H3,16,17,18,19). The van der Waals surface area contributed by atoms with Crippen molar-refractivity contribution in [2.75, 3.05) is 24.2 Å². The lowest BCUT2D eigenvalue weighted by atomic mass is 9.96. The van der Waals surface area contributed by atoms with Crippen LogP contribution in [0.15, 0.2) is 6.07 Å². The number of nitrogens with zero attached hydrogens (tertiary/aromatic N) is 2. The molecule has 0 radical (unpaired) electrons. The highest BCUT2D eigenvalue weighted by molar-refractivity contribution is 5.45. The van der Waals surface area contributed by atoms with Gasteiger partial charge in [0.1, 0.15) is 17.5 Å². The molecule has 5 nitrogen and oxygen atoms in total. The Morgan fingerprint density at radius 2 is 2.00 bits per heavy atom. The Bertz CT molecular complexity index is 409. The molecule has 1 unspecified atom stereocenters. The smallest absolute Gasteiger partial charge is 0.138 e. The predicted molar refractivity (Wildman–Crippen MR) is 83.7 cm³/mol. The number of hydrogen-bond donors (Lipinski definition) is 3. The highest BCUT2D eigenvalue weighted by atomic mass is 16.3. The van der Waals surface area contributed by atoms with Crippen molar-refractivity contribution >= 4 is 11.6 Å². The lowest BCUT2D eigenvalue weighted by Crippen LogP contribution is -2.20. The van der Waals surface area contributed by atoms with Crippen LogP contribution in [0.25, 0.3) is 0 Å². The van der Waals surface area contributed by atoms with Crippen molar-refractivity contribution in [1.29, 1.82) is 0 Å². The number of nitrogens with two attached hydrogens (primary N) is 1. The molecule has 1 atom stereocenters. The van der Waals surface area contributed by atoms with Gasteiger partial charge in [0.2, 0.25) is 0 Å². The highest BCUT2D eigenvalue weighted by Gasteiger charge is 2.18. The number of nitrogen functional groups attached to an aromatic ring is 1. The second-order valence-electron chi connectivity index (χ2n) is 6.30. The maximum atomic E-state index is 9.08. The molecular weight excluding hydrogens is 252 g/mol. The van der Waals surface area contributed by atoms with Crippen LogP contribution in [-0.2, 0) is 5.41 Å². The van der Waals surface area contributed by atoms with Gasteiger partial charge in [-0.3, -0.25) is 0 Å². The monoisotopic (exact) mass is 280 g/mol. The molecule has 20 heavy (non-hydrogen) atoms. The molecule has 0 spiro atoms. The van der Waals surface area contributed by atoms with Gasteiger partial charge in [-0.15, -0.1) is 0 Å². The molecule has 1 aromatic heterocycles. The molecule has 0 fully saturated rings. The topological polar surface area (TPSA) is 84.1 Å². The molecule has 0 saturated carbocycles. The van der Waals surface area contributed by atoms with Gasteiger partial charge >= 0.3 is 0 Å². The van der Waals surface area contributed by atoms with E-state index in [4.69, 9.17) is 10.8 Å². The van der Waals surface area contributed by atoms with Crippen molar-refractivity contribution in [1.82, 2.24) is 9.97 Å². The first-order chi connectivity index (χ1) is 9.36. The average molecular weight is 280 g/mol. The van der Waals surface area contributed by atoms with E-state index < -0.39 is 0 Å². The first-order valence-electron chi connectivity index (χ1n) is 7.36. The van der Waals surface area contributed by atoms with Crippen LogP contribution in [0.4, 0.5) is 11.6 Å². The Kier molecular flexibility index (Phi) is 6.20. The summed E-state index contributed by atoms with van der Waals surface area (Å²) in [6.45, 7) is 9.39. The number of nitrogens with one attached hydrogen (secondary N) is 1. The molecule has 4 N–H and O–H groups in total. The first kappa shape index (κ1) is 16.7. The van der Waals surface area contributed by atoms with Crippen LogP contribution in [-0.4, -0.2) is 28.2 Å². The molecule has 5 heteroatoms. The largest absolute Gasteiger partial charge is 0.396 e. The molecule has 1 heterocycles. The number of hydrogen-bond acceptors (Lipinski definition) is 5. The molecule has 114 valence electrons. The lowest BCUT2D eigenvalue weighted by molar-refractivity contribution is 0.255. The van der Waals surface area contributed by atoms with E-state index in [-0.39, 0.29) is 12.0 Å². The SMILES string of the molecule is CCCC(CCO)CNc1cc(N)nc(C(C)(C)C)n1. The molecule has 0 aliphatic rings. The Hall–Kier alpha value is -1.36. The van der Waals surface area contributed by atoms with Gasteiger partial charge in [0, 0.05) is 24.6 Å². The zero-order valence-electron chi connectivity index (χ0n) is 13.1. The molecule has 0 bridgehead atoms. The van der Waals surface area contributed by atoms with Gasteiger partial charge in [-0.2, -0.15) is 0 Å². The van der Waals surface area contributed by atoms with Gasteiger partial charge in [-0.25, -0.2) is 9.97 Å². The maximum Gasteiger partial charge on any atom is 0.138 e. The summed E-state index contributed by atoms with van der Waals surface area (Å²) in [6, 6.07) is 1.76. The summed E-state index contributed by atoms with van der Waals surface area (Å²) in [4.78, 5) is 8.82. The average Bonchev–Trinajstić information content (AvgIpc) is 2.35. The van der Waals surface area contributed by atoms with Crippen molar-refractivity contribution < 1.29 is 5.11 Å². The fraction of sp³-hybridized carbons (Fsp3) is 0.733. The fourth-order valence-corrected chi connectivity index (χ4v) is 2.08. The van der Waals surface area contributed by atoms with E-state index in [9.17, 15) is 0 Å². The van der Waals surface area contributed by atoms with E-state index in [1.807, 2.05) is 0 Å². The highest BCUT2D eigenvalue weighted by Crippen LogP contribution is 2.21. The van der Waals surface area contributed by atoms with E-state index >= 15 is 0 Å². The van der Waals surface area contributed by atoms with Crippen LogP contribution < -0.4 is 11.1 Å². The van der Waals surface area contributed by atoms with Gasteiger partial charge in [0.05, 0.1) is 0 Å². The second-order valence-corrected chi connectivity index (χ2v) is 6.30. The van der Waals surface area contributed by atoms with E-state index in [1.165, 1.54) is 0 Å². The fourth-order valence-electron chi connectivity index (χ4n) is 2.08. The zero-order chi connectivity index (χ0) is 15.2. The molecule has 1 rings (SSSR count). The third-order valence-electron chi connectivity index (χ3n) is 3.22. The maximum absolute atomic E-state index is 9.08. The minimum atomic E-state index is -0.125. The van der Waals surface area contributed by atoms with Gasteiger partial charge < -0.3 is 16.2 Å². The number of anilines is 2. The normalized spacial score (nSPS) is 13.2. The van der Waals surface area contributed by atoms with Crippen molar-refractivity contribution in [2.45, 2.75) is 52.4 Å². The third kappa shape index (κ3) is 5.33. The van der Waals surface area contributed by atoms with E-state index in [0.29, 0.717) is 11.7 Å². The molecule has 0 amide bonds. The quantitative estimate of drug-likeness (QED) is 0.715. The van der Waals surface area contributed by atoms with Gasteiger partial charge in [0.25, 0.3) is 0 Å². The van der Waals surface area contributed by atoms with Gasteiger partial charge in [0.15, 0.2) is 0 Å². The van der Waals surface area contributed by atoms with Crippen LogP contribution in [0.5, 0.6) is 0 Å². The summed E-state index contributed by atoms with van der Waals surface area (Å²) in [5, 5.41) is 12.4. The van der Waals surface area contributed by atoms with Gasteiger partial charge in [-0.05, 0) is 18.8 Å². The van der Waals surface area contributed by atoms with Crippen LogP contribution in [0, 0.1) is 5.92 Å². The van der Waals surface area contributed by atoms with E-state index in [0.717, 1.165) is 37.4 Å². The summed E-state index contributed by atoms with van der Waals surface area (Å²) in [6.07, 6.45) is 3.03. The Morgan fingerprint density at radius 3 is 2.55 bits per heavy atom. The van der Waals surface area contributed by atoms with E-state index in [1.54, 1.807) is 6.07 Å². The van der Waals surface area contributed by atoms with Gasteiger partial charge in [-0.1, -0.05) is 34.1 Å². The van der Waals surface area contributed by atoms with Crippen LogP contribution in [0.3, 0.4) is 0 Å². The number of aliphatic hydroxyl groups excluding tert-OH is 1. The molecule has 0 saturated heterocycles. The van der Waals surface area contributed by atoms with Crippen LogP contribution in [0.1, 0.15) is 52.8 Å². The number of aromatic nitrogens is 2. The third-order valence-corrected chi connectivity index (χ3v) is 3.22. The molecule has 0 aliphatic carbocycles. The zero-order valence-corrected chi connectivity index (χ0v) is 13.1. The lowest BCUT2D eigenvalue weighted by Gasteiger charge is -2.20. The van der Waals surface area contributed by atoms with Crippen LogP contribution >= 0.6 is 0 Å². The summed E-state index contributed by atoms with van der Waals surface area (Å²) >= 11 is 0. The van der Waals surface area contributed by atoms with Crippen molar-refractivity contribution in [3.63, 3.8) is 0 Å².